The number of carbonyl (C=O) groups excluding carboxylic acids is 1. The molecule has 2 N–H and O–H groups in total. The number of amides is 1. The third kappa shape index (κ3) is 3.08. The Labute approximate surface area is 124 Å². The van der Waals surface area contributed by atoms with Gasteiger partial charge in [0.05, 0.1) is 6.04 Å². The van der Waals surface area contributed by atoms with Crippen molar-refractivity contribution in [1.29, 1.82) is 0 Å². The van der Waals surface area contributed by atoms with Gasteiger partial charge in [-0.25, -0.2) is 8.42 Å². The Kier molecular flexibility index (Phi) is 4.34. The molecule has 7 heteroatoms. The number of fused-ring (bicyclic) bond motifs is 1. The van der Waals surface area contributed by atoms with Crippen LogP contribution in [-0.4, -0.2) is 31.5 Å². The fraction of sp³-hybridized carbons (Fsp3) is 0.357. The molecule has 6 nitrogen and oxygen atoms in total. The van der Waals surface area contributed by atoms with Crippen molar-refractivity contribution < 1.29 is 13.2 Å². The van der Waals surface area contributed by atoms with E-state index in [9.17, 15) is 13.2 Å². The molecule has 0 fully saturated rings. The summed E-state index contributed by atoms with van der Waals surface area (Å²) in [6, 6.07) is 8.17. The minimum Gasteiger partial charge on any atom is -0.355 e. The van der Waals surface area contributed by atoms with E-state index in [-0.39, 0.29) is 10.9 Å². The van der Waals surface area contributed by atoms with Crippen molar-refractivity contribution in [2.75, 3.05) is 6.54 Å². The molecule has 0 spiro atoms. The molecular formula is C14H19N3O3S. The summed E-state index contributed by atoms with van der Waals surface area (Å²) in [7, 11) is -2.08. The summed E-state index contributed by atoms with van der Waals surface area (Å²) in [4.78, 5) is 11.7. The molecule has 0 aliphatic rings. The van der Waals surface area contributed by atoms with Crippen LogP contribution in [0.5, 0.6) is 0 Å². The molecule has 1 unspecified atom stereocenters. The van der Waals surface area contributed by atoms with Gasteiger partial charge in [-0.05, 0) is 26.0 Å². The SMILES string of the molecule is CCNC(=O)C(C)NS(=O)(=O)c1cc2ccccc2n1C. The van der Waals surface area contributed by atoms with Gasteiger partial charge in [-0.15, -0.1) is 0 Å². The van der Waals surface area contributed by atoms with Crippen molar-refractivity contribution in [1.82, 2.24) is 14.6 Å². The van der Waals surface area contributed by atoms with E-state index >= 15 is 0 Å². The van der Waals surface area contributed by atoms with Crippen LogP contribution in [0.15, 0.2) is 35.4 Å². The molecule has 1 aromatic heterocycles. The molecule has 114 valence electrons. The smallest absolute Gasteiger partial charge is 0.256 e. The Morgan fingerprint density at radius 1 is 1.33 bits per heavy atom. The Hall–Kier alpha value is -1.86. The third-order valence-electron chi connectivity index (χ3n) is 3.26. The number of nitrogens with zero attached hydrogens (tertiary/aromatic N) is 1. The van der Waals surface area contributed by atoms with E-state index in [1.807, 2.05) is 24.3 Å². The molecule has 0 saturated carbocycles. The largest absolute Gasteiger partial charge is 0.355 e. The zero-order valence-electron chi connectivity index (χ0n) is 12.3. The molecule has 2 rings (SSSR count). The lowest BCUT2D eigenvalue weighted by atomic mass is 10.2. The first-order valence-electron chi connectivity index (χ1n) is 6.71. The fourth-order valence-corrected chi connectivity index (χ4v) is 3.63. The van der Waals surface area contributed by atoms with Gasteiger partial charge >= 0.3 is 0 Å². The number of rotatable bonds is 5. The van der Waals surface area contributed by atoms with Crippen LogP contribution in [0.4, 0.5) is 0 Å². The highest BCUT2D eigenvalue weighted by molar-refractivity contribution is 7.89. The van der Waals surface area contributed by atoms with Gasteiger partial charge < -0.3 is 9.88 Å². The Morgan fingerprint density at radius 2 is 2.00 bits per heavy atom. The minimum atomic E-state index is -3.76. The highest BCUT2D eigenvalue weighted by Gasteiger charge is 2.24. The van der Waals surface area contributed by atoms with E-state index in [1.54, 1.807) is 24.6 Å². The average molecular weight is 309 g/mol. The van der Waals surface area contributed by atoms with Gasteiger partial charge in [-0.2, -0.15) is 4.72 Å². The van der Waals surface area contributed by atoms with Gasteiger partial charge in [0.15, 0.2) is 5.03 Å². The molecule has 1 heterocycles. The van der Waals surface area contributed by atoms with Crippen LogP contribution in [0.3, 0.4) is 0 Å². The Bertz CT molecular complexity index is 765. The highest BCUT2D eigenvalue weighted by Crippen LogP contribution is 2.21. The molecule has 2 aromatic rings. The van der Waals surface area contributed by atoms with Crippen molar-refractivity contribution in [3.05, 3.63) is 30.3 Å². The van der Waals surface area contributed by atoms with Gasteiger partial charge in [0, 0.05) is 24.5 Å². The van der Waals surface area contributed by atoms with Gasteiger partial charge in [0.25, 0.3) is 10.0 Å². The average Bonchev–Trinajstić information content (AvgIpc) is 2.77. The molecule has 21 heavy (non-hydrogen) atoms. The molecule has 1 aromatic carbocycles. The number of likely N-dealkylation sites (N-methyl/N-ethyl adjacent to an activating group) is 1. The molecule has 0 aliphatic heterocycles. The number of nitrogens with one attached hydrogen (secondary N) is 2. The molecule has 0 saturated heterocycles. The number of aryl methyl sites for hydroxylation is 1. The first-order chi connectivity index (χ1) is 9.86. The maximum atomic E-state index is 12.4. The minimum absolute atomic E-state index is 0.139. The summed E-state index contributed by atoms with van der Waals surface area (Å²) in [5.41, 5.74) is 0.823. The molecular weight excluding hydrogens is 290 g/mol. The van der Waals surface area contributed by atoms with Crippen molar-refractivity contribution in [2.24, 2.45) is 7.05 Å². The summed E-state index contributed by atoms with van der Waals surface area (Å²) >= 11 is 0. The summed E-state index contributed by atoms with van der Waals surface area (Å²) in [5.74, 6) is -0.347. The molecule has 1 atom stereocenters. The van der Waals surface area contributed by atoms with Crippen molar-refractivity contribution in [3.63, 3.8) is 0 Å². The predicted octanol–water partition coefficient (Wildman–Crippen LogP) is 0.981. The second kappa shape index (κ2) is 5.87. The Morgan fingerprint density at radius 3 is 2.62 bits per heavy atom. The lowest BCUT2D eigenvalue weighted by Crippen LogP contribution is -2.44. The zero-order chi connectivity index (χ0) is 15.6. The third-order valence-corrected chi connectivity index (χ3v) is 4.87. The quantitative estimate of drug-likeness (QED) is 0.864. The van der Waals surface area contributed by atoms with Crippen LogP contribution >= 0.6 is 0 Å². The van der Waals surface area contributed by atoms with Gasteiger partial charge in [-0.1, -0.05) is 18.2 Å². The summed E-state index contributed by atoms with van der Waals surface area (Å²) in [5, 5.41) is 3.57. The second-order valence-electron chi connectivity index (χ2n) is 4.84. The van der Waals surface area contributed by atoms with Crippen LogP contribution in [0.25, 0.3) is 10.9 Å². The molecule has 0 bridgehead atoms. The topological polar surface area (TPSA) is 80.2 Å². The van der Waals surface area contributed by atoms with Crippen LogP contribution in [-0.2, 0) is 21.9 Å². The van der Waals surface area contributed by atoms with Gasteiger partial charge in [-0.3, -0.25) is 4.79 Å². The fourth-order valence-electron chi connectivity index (χ4n) is 2.20. The highest BCUT2D eigenvalue weighted by atomic mass is 32.2. The number of hydrogen-bond acceptors (Lipinski definition) is 3. The first kappa shape index (κ1) is 15.5. The second-order valence-corrected chi connectivity index (χ2v) is 6.50. The maximum absolute atomic E-state index is 12.4. The summed E-state index contributed by atoms with van der Waals surface area (Å²) in [6.45, 7) is 3.76. The lowest BCUT2D eigenvalue weighted by molar-refractivity contribution is -0.122. The molecule has 1 amide bonds. The van der Waals surface area contributed by atoms with E-state index in [1.165, 1.54) is 6.92 Å². The normalized spacial score (nSPS) is 13.3. The van der Waals surface area contributed by atoms with Crippen molar-refractivity contribution in [2.45, 2.75) is 24.9 Å². The van der Waals surface area contributed by atoms with Gasteiger partial charge in [0.1, 0.15) is 0 Å². The summed E-state index contributed by atoms with van der Waals surface area (Å²) < 4.78 is 28.9. The molecule has 0 radical (unpaired) electrons. The van der Waals surface area contributed by atoms with Crippen LogP contribution in [0, 0.1) is 0 Å². The number of sulfonamides is 1. The van der Waals surface area contributed by atoms with E-state index in [2.05, 4.69) is 10.0 Å². The standard InChI is InChI=1S/C14H19N3O3S/c1-4-15-14(18)10(2)16-21(19,20)13-9-11-7-5-6-8-12(11)17(13)3/h5-10,16H,4H2,1-3H3,(H,15,18). The van der Waals surface area contributed by atoms with E-state index < -0.39 is 16.1 Å². The zero-order valence-corrected chi connectivity index (χ0v) is 13.1. The predicted molar refractivity (Wildman–Crippen MR) is 81.4 cm³/mol. The van der Waals surface area contributed by atoms with Crippen LogP contribution in [0.1, 0.15) is 13.8 Å². The van der Waals surface area contributed by atoms with Crippen LogP contribution in [0.2, 0.25) is 0 Å². The van der Waals surface area contributed by atoms with Crippen LogP contribution < -0.4 is 10.0 Å². The summed E-state index contributed by atoms with van der Waals surface area (Å²) in [6.07, 6.45) is 0. The van der Waals surface area contributed by atoms with E-state index in [0.29, 0.717) is 6.54 Å². The van der Waals surface area contributed by atoms with Gasteiger partial charge in [0.2, 0.25) is 5.91 Å². The number of para-hydroxylation sites is 1. The number of hydrogen-bond donors (Lipinski definition) is 2. The molecule has 0 aliphatic carbocycles. The van der Waals surface area contributed by atoms with E-state index in [0.717, 1.165) is 10.9 Å². The lowest BCUT2D eigenvalue weighted by Gasteiger charge is -2.14. The Balaban J connectivity index is 2.34. The van der Waals surface area contributed by atoms with Crippen molar-refractivity contribution >= 4 is 26.8 Å². The first-order valence-corrected chi connectivity index (χ1v) is 8.19. The van der Waals surface area contributed by atoms with E-state index in [4.69, 9.17) is 0 Å². The number of carbonyl (C=O) groups is 1. The number of benzene rings is 1. The monoisotopic (exact) mass is 309 g/mol. The van der Waals surface area contributed by atoms with Crippen molar-refractivity contribution in [3.8, 4) is 0 Å². The number of aromatic nitrogens is 1. The maximum Gasteiger partial charge on any atom is 0.256 e.